The normalized spacial score (nSPS) is 14.4. The summed E-state index contributed by atoms with van der Waals surface area (Å²) in [7, 11) is 0. The Balaban J connectivity index is 0.00000225. The molecular weight excluding hydrogens is 376 g/mol. The topological polar surface area (TPSA) is 74.6 Å². The summed E-state index contributed by atoms with van der Waals surface area (Å²) >= 11 is 0. The van der Waals surface area contributed by atoms with Crippen LogP contribution in [-0.4, -0.2) is 21.8 Å². The molecule has 1 fully saturated rings. The molecule has 2 aromatic carbocycles. The van der Waals surface area contributed by atoms with Crippen LogP contribution in [0, 0.1) is 5.92 Å². The monoisotopic (exact) mass is 400 g/mol. The number of aromatic nitrogens is 1. The highest BCUT2D eigenvalue weighted by Gasteiger charge is 2.14. The van der Waals surface area contributed by atoms with E-state index in [1.165, 1.54) is 38.2 Å². The molecule has 148 valence electrons. The van der Waals surface area contributed by atoms with Crippen LogP contribution < -0.4 is 10.1 Å². The largest absolute Gasteiger partial charge is 0.508 e. The number of benzene rings is 2. The van der Waals surface area contributed by atoms with Crippen LogP contribution >= 0.6 is 12.4 Å². The van der Waals surface area contributed by atoms with Crippen molar-refractivity contribution in [3.63, 3.8) is 0 Å². The maximum absolute atomic E-state index is 9.98. The molecule has 1 heterocycles. The molecule has 5 nitrogen and oxygen atoms in total. The minimum absolute atomic E-state index is 0. The Kier molecular flexibility index (Phi) is 6.47. The van der Waals surface area contributed by atoms with Gasteiger partial charge in [0, 0.05) is 29.0 Å². The van der Waals surface area contributed by atoms with Crippen molar-refractivity contribution < 1.29 is 14.9 Å². The van der Waals surface area contributed by atoms with Gasteiger partial charge in [0.1, 0.15) is 22.8 Å². The number of fused-ring (bicyclic) bond motifs is 1. The lowest BCUT2D eigenvalue weighted by Gasteiger charge is -2.21. The van der Waals surface area contributed by atoms with Crippen molar-refractivity contribution in [3.8, 4) is 17.2 Å². The number of nitrogens with zero attached hydrogens (tertiary/aromatic N) is 1. The van der Waals surface area contributed by atoms with Crippen LogP contribution in [0.2, 0.25) is 0 Å². The lowest BCUT2D eigenvalue weighted by molar-refractivity contribution is 0.209. The zero-order valence-corrected chi connectivity index (χ0v) is 16.4. The molecule has 1 aromatic heterocycles. The molecule has 1 aliphatic rings. The molecule has 1 saturated carbocycles. The third kappa shape index (κ3) is 4.60. The quantitative estimate of drug-likeness (QED) is 0.506. The number of anilines is 2. The smallest absolute Gasteiger partial charge is 0.145 e. The van der Waals surface area contributed by atoms with Crippen LogP contribution in [-0.2, 0) is 0 Å². The molecule has 4 rings (SSSR count). The molecule has 28 heavy (non-hydrogen) atoms. The van der Waals surface area contributed by atoms with Crippen LogP contribution in [0.15, 0.2) is 48.7 Å². The zero-order chi connectivity index (χ0) is 18.6. The maximum Gasteiger partial charge on any atom is 0.145 e. The van der Waals surface area contributed by atoms with Crippen molar-refractivity contribution >= 4 is 34.7 Å². The van der Waals surface area contributed by atoms with E-state index >= 15 is 0 Å². The lowest BCUT2D eigenvalue weighted by Crippen LogP contribution is -2.15. The number of halogens is 1. The Hall–Kier alpha value is -2.66. The van der Waals surface area contributed by atoms with Gasteiger partial charge in [-0.1, -0.05) is 19.3 Å². The summed E-state index contributed by atoms with van der Waals surface area (Å²) < 4.78 is 5.95. The number of phenols is 2. The second kappa shape index (κ2) is 9.02. The first-order valence-corrected chi connectivity index (χ1v) is 9.49. The summed E-state index contributed by atoms with van der Waals surface area (Å²) in [5.74, 6) is 1.52. The summed E-state index contributed by atoms with van der Waals surface area (Å²) in [4.78, 5) is 4.19. The molecule has 1 aliphatic carbocycles. The van der Waals surface area contributed by atoms with Gasteiger partial charge in [-0.05, 0) is 55.2 Å². The number of aromatic hydroxyl groups is 2. The Bertz CT molecular complexity index is 925. The molecule has 0 aliphatic heterocycles. The highest BCUT2D eigenvalue weighted by molar-refractivity contribution is 5.97. The Morgan fingerprint density at radius 3 is 2.50 bits per heavy atom. The molecule has 3 aromatic rings. The summed E-state index contributed by atoms with van der Waals surface area (Å²) in [6, 6.07) is 12.5. The molecule has 0 saturated heterocycles. The predicted octanol–water partition coefficient (Wildman–Crippen LogP) is 5.77. The van der Waals surface area contributed by atoms with Gasteiger partial charge in [0.05, 0.1) is 6.61 Å². The first-order valence-electron chi connectivity index (χ1n) is 9.49. The SMILES string of the molecule is Cl.Oc1cc(O)c2nccc(Nc3ccc(OCC4CCCCC4)cc3)c2c1. The summed E-state index contributed by atoms with van der Waals surface area (Å²) in [6.07, 6.45) is 8.17. The van der Waals surface area contributed by atoms with E-state index in [1.807, 2.05) is 30.3 Å². The molecule has 3 N–H and O–H groups in total. The van der Waals surface area contributed by atoms with E-state index in [1.54, 1.807) is 12.3 Å². The van der Waals surface area contributed by atoms with Gasteiger partial charge in [-0.3, -0.25) is 4.98 Å². The second-order valence-electron chi connectivity index (χ2n) is 7.18. The summed E-state index contributed by atoms with van der Waals surface area (Å²) in [6.45, 7) is 0.792. The van der Waals surface area contributed by atoms with Crippen molar-refractivity contribution in [2.45, 2.75) is 32.1 Å². The van der Waals surface area contributed by atoms with E-state index in [-0.39, 0.29) is 23.9 Å². The number of hydrogen-bond acceptors (Lipinski definition) is 5. The molecule has 0 atom stereocenters. The molecule has 0 unspecified atom stereocenters. The number of hydrogen-bond donors (Lipinski definition) is 3. The Morgan fingerprint density at radius 2 is 1.75 bits per heavy atom. The minimum atomic E-state index is -0.0416. The first-order chi connectivity index (χ1) is 13.2. The van der Waals surface area contributed by atoms with Gasteiger partial charge in [-0.2, -0.15) is 0 Å². The van der Waals surface area contributed by atoms with Crippen molar-refractivity contribution in [2.24, 2.45) is 5.92 Å². The van der Waals surface area contributed by atoms with Crippen molar-refractivity contribution in [1.82, 2.24) is 4.98 Å². The third-order valence-corrected chi connectivity index (χ3v) is 5.15. The highest BCUT2D eigenvalue weighted by Crippen LogP contribution is 2.34. The fraction of sp³-hybridized carbons (Fsp3) is 0.318. The number of rotatable bonds is 5. The van der Waals surface area contributed by atoms with Gasteiger partial charge in [0.15, 0.2) is 0 Å². The summed E-state index contributed by atoms with van der Waals surface area (Å²) in [5, 5.41) is 23.7. The van der Waals surface area contributed by atoms with Gasteiger partial charge >= 0.3 is 0 Å². The van der Waals surface area contributed by atoms with Crippen LogP contribution in [0.1, 0.15) is 32.1 Å². The molecular formula is C22H25ClN2O3. The van der Waals surface area contributed by atoms with Gasteiger partial charge < -0.3 is 20.3 Å². The average Bonchev–Trinajstić information content (AvgIpc) is 2.69. The zero-order valence-electron chi connectivity index (χ0n) is 15.6. The second-order valence-corrected chi connectivity index (χ2v) is 7.18. The minimum Gasteiger partial charge on any atom is -0.508 e. The van der Waals surface area contributed by atoms with E-state index in [2.05, 4.69) is 10.3 Å². The standard InChI is InChI=1S/C22H24N2O3.ClH/c25-17-12-19-20(10-11-23-22(19)21(26)13-17)24-16-6-8-18(9-7-16)27-14-15-4-2-1-3-5-15;/h6-13,15,25-26H,1-5,14H2,(H,23,24);1H. The fourth-order valence-electron chi connectivity index (χ4n) is 3.69. The number of phenolic OH excluding ortho intramolecular Hbond substituents is 2. The highest BCUT2D eigenvalue weighted by atomic mass is 35.5. The van der Waals surface area contributed by atoms with Gasteiger partial charge in [0.2, 0.25) is 0 Å². The molecule has 0 bridgehead atoms. The van der Waals surface area contributed by atoms with Crippen molar-refractivity contribution in [2.75, 3.05) is 11.9 Å². The van der Waals surface area contributed by atoms with E-state index < -0.39 is 0 Å². The van der Waals surface area contributed by atoms with E-state index in [0.29, 0.717) is 16.8 Å². The van der Waals surface area contributed by atoms with Crippen LogP contribution in [0.4, 0.5) is 11.4 Å². The third-order valence-electron chi connectivity index (χ3n) is 5.15. The molecule has 0 spiro atoms. The molecule has 6 heteroatoms. The average molecular weight is 401 g/mol. The van der Waals surface area contributed by atoms with Gasteiger partial charge in [0.25, 0.3) is 0 Å². The van der Waals surface area contributed by atoms with Gasteiger partial charge in [-0.15, -0.1) is 12.4 Å². The van der Waals surface area contributed by atoms with Crippen LogP contribution in [0.3, 0.4) is 0 Å². The Morgan fingerprint density at radius 1 is 1.00 bits per heavy atom. The maximum atomic E-state index is 9.98. The van der Waals surface area contributed by atoms with Crippen LogP contribution in [0.5, 0.6) is 17.2 Å². The Labute approximate surface area is 170 Å². The fourth-order valence-corrected chi connectivity index (χ4v) is 3.69. The first kappa shape index (κ1) is 20.1. The van der Waals surface area contributed by atoms with Crippen molar-refractivity contribution in [1.29, 1.82) is 0 Å². The van der Waals surface area contributed by atoms with Crippen molar-refractivity contribution in [3.05, 3.63) is 48.7 Å². The van der Waals surface area contributed by atoms with E-state index in [9.17, 15) is 10.2 Å². The number of pyridine rings is 1. The van der Waals surface area contributed by atoms with E-state index in [0.717, 1.165) is 23.7 Å². The summed E-state index contributed by atoms with van der Waals surface area (Å²) in [5.41, 5.74) is 2.11. The van der Waals surface area contributed by atoms with Gasteiger partial charge in [-0.25, -0.2) is 0 Å². The van der Waals surface area contributed by atoms with E-state index in [4.69, 9.17) is 4.74 Å². The number of ether oxygens (including phenoxy) is 1. The lowest BCUT2D eigenvalue weighted by atomic mass is 9.90. The van der Waals surface area contributed by atoms with Crippen LogP contribution in [0.25, 0.3) is 10.9 Å². The molecule has 0 amide bonds. The predicted molar refractivity (Wildman–Crippen MR) is 114 cm³/mol. The molecule has 0 radical (unpaired) electrons. The number of nitrogens with one attached hydrogen (secondary N) is 1.